The van der Waals surface area contributed by atoms with E-state index in [-0.39, 0.29) is 5.91 Å². The standard InChI is InChI=1S/C19H25N3O/c1-4-5-6-14-7-10-16(11-8-14)21-19(23)17-13-15(20)9-12-18(17)22(2)3/h7-13H,4-6,20H2,1-3H3,(H,21,23). The minimum absolute atomic E-state index is 0.151. The van der Waals surface area contributed by atoms with E-state index in [9.17, 15) is 4.79 Å². The molecule has 23 heavy (non-hydrogen) atoms. The van der Waals surface area contributed by atoms with Crippen LogP contribution >= 0.6 is 0 Å². The van der Waals surface area contributed by atoms with Gasteiger partial charge in [-0.1, -0.05) is 25.5 Å². The number of aryl methyl sites for hydroxylation is 1. The Bertz CT molecular complexity index is 663. The van der Waals surface area contributed by atoms with Crippen LogP contribution in [0.15, 0.2) is 42.5 Å². The highest BCUT2D eigenvalue weighted by Crippen LogP contribution is 2.23. The summed E-state index contributed by atoms with van der Waals surface area (Å²) in [5, 5.41) is 2.94. The van der Waals surface area contributed by atoms with Crippen molar-refractivity contribution in [2.45, 2.75) is 26.2 Å². The minimum atomic E-state index is -0.151. The molecule has 0 heterocycles. The first-order chi connectivity index (χ1) is 11.0. The van der Waals surface area contributed by atoms with E-state index in [4.69, 9.17) is 5.73 Å². The summed E-state index contributed by atoms with van der Waals surface area (Å²) in [6, 6.07) is 13.4. The minimum Gasteiger partial charge on any atom is -0.399 e. The quantitative estimate of drug-likeness (QED) is 0.795. The number of nitrogen functional groups attached to an aromatic ring is 1. The molecule has 2 aromatic rings. The van der Waals surface area contributed by atoms with Gasteiger partial charge >= 0.3 is 0 Å². The van der Waals surface area contributed by atoms with E-state index in [1.165, 1.54) is 18.4 Å². The van der Waals surface area contributed by atoms with Gasteiger partial charge in [0, 0.05) is 31.2 Å². The molecule has 1 amide bonds. The van der Waals surface area contributed by atoms with Gasteiger partial charge in [0.15, 0.2) is 0 Å². The number of nitrogens with two attached hydrogens (primary N) is 1. The lowest BCUT2D eigenvalue weighted by Gasteiger charge is -2.17. The fourth-order valence-electron chi connectivity index (χ4n) is 2.46. The van der Waals surface area contributed by atoms with E-state index in [2.05, 4.69) is 24.4 Å². The number of carbonyl (C=O) groups excluding carboxylic acids is 1. The van der Waals surface area contributed by atoms with Crippen LogP contribution in [0, 0.1) is 0 Å². The molecule has 0 saturated heterocycles. The molecule has 0 spiro atoms. The summed E-state index contributed by atoms with van der Waals surface area (Å²) in [6.07, 6.45) is 3.44. The number of anilines is 3. The number of hydrogen-bond donors (Lipinski definition) is 2. The number of hydrogen-bond acceptors (Lipinski definition) is 3. The van der Waals surface area contributed by atoms with Crippen molar-refractivity contribution in [2.24, 2.45) is 0 Å². The van der Waals surface area contributed by atoms with Gasteiger partial charge in [-0.15, -0.1) is 0 Å². The normalized spacial score (nSPS) is 10.4. The van der Waals surface area contributed by atoms with Gasteiger partial charge in [0.25, 0.3) is 5.91 Å². The predicted octanol–water partition coefficient (Wildman–Crippen LogP) is 3.93. The summed E-state index contributed by atoms with van der Waals surface area (Å²) in [7, 11) is 3.82. The highest BCUT2D eigenvalue weighted by molar-refractivity contribution is 6.08. The van der Waals surface area contributed by atoms with Gasteiger partial charge in [-0.3, -0.25) is 4.79 Å². The summed E-state index contributed by atoms with van der Waals surface area (Å²) >= 11 is 0. The Labute approximate surface area is 138 Å². The summed E-state index contributed by atoms with van der Waals surface area (Å²) in [6.45, 7) is 2.18. The number of nitrogens with zero attached hydrogens (tertiary/aromatic N) is 1. The predicted molar refractivity (Wildman–Crippen MR) is 98.2 cm³/mol. The zero-order valence-corrected chi connectivity index (χ0v) is 14.1. The number of carbonyl (C=O) groups is 1. The van der Waals surface area contributed by atoms with Crippen LogP contribution in [0.25, 0.3) is 0 Å². The third-order valence-corrected chi connectivity index (χ3v) is 3.78. The van der Waals surface area contributed by atoms with E-state index < -0.39 is 0 Å². The molecule has 2 aromatic carbocycles. The summed E-state index contributed by atoms with van der Waals surface area (Å²) in [5.74, 6) is -0.151. The Morgan fingerprint density at radius 3 is 2.43 bits per heavy atom. The second-order valence-electron chi connectivity index (χ2n) is 5.93. The second kappa shape index (κ2) is 7.68. The molecule has 4 heteroatoms. The molecule has 0 aliphatic rings. The van der Waals surface area contributed by atoms with Crippen LogP contribution in [0.5, 0.6) is 0 Å². The Morgan fingerprint density at radius 2 is 1.83 bits per heavy atom. The molecule has 0 aliphatic heterocycles. The molecule has 0 aliphatic carbocycles. The Balaban J connectivity index is 2.14. The number of amides is 1. The maximum absolute atomic E-state index is 12.6. The molecular formula is C19H25N3O. The number of nitrogens with one attached hydrogen (secondary N) is 1. The number of unbranched alkanes of at least 4 members (excludes halogenated alkanes) is 1. The molecule has 0 bridgehead atoms. The smallest absolute Gasteiger partial charge is 0.257 e. The van der Waals surface area contributed by atoms with Crippen LogP contribution in [0.3, 0.4) is 0 Å². The number of rotatable bonds is 6. The molecule has 0 unspecified atom stereocenters. The van der Waals surface area contributed by atoms with Crippen LogP contribution in [0.4, 0.5) is 17.1 Å². The van der Waals surface area contributed by atoms with Crippen molar-refractivity contribution >= 4 is 23.0 Å². The van der Waals surface area contributed by atoms with Crippen LogP contribution < -0.4 is 16.0 Å². The molecule has 3 N–H and O–H groups in total. The summed E-state index contributed by atoms with van der Waals surface area (Å²) in [4.78, 5) is 14.5. The average Bonchev–Trinajstić information content (AvgIpc) is 2.53. The topological polar surface area (TPSA) is 58.4 Å². The first-order valence-corrected chi connectivity index (χ1v) is 7.98. The maximum Gasteiger partial charge on any atom is 0.257 e. The average molecular weight is 311 g/mol. The van der Waals surface area contributed by atoms with Gasteiger partial charge in [0.05, 0.1) is 5.56 Å². The lowest BCUT2D eigenvalue weighted by molar-refractivity contribution is 0.102. The largest absolute Gasteiger partial charge is 0.399 e. The van der Waals surface area contributed by atoms with Crippen molar-refractivity contribution in [2.75, 3.05) is 30.0 Å². The van der Waals surface area contributed by atoms with Crippen molar-refractivity contribution in [1.29, 1.82) is 0 Å². The number of benzene rings is 2. The van der Waals surface area contributed by atoms with Gasteiger partial charge < -0.3 is 16.0 Å². The van der Waals surface area contributed by atoms with Crippen molar-refractivity contribution in [3.8, 4) is 0 Å². The van der Waals surface area contributed by atoms with Gasteiger partial charge in [0.1, 0.15) is 0 Å². The molecule has 4 nitrogen and oxygen atoms in total. The van der Waals surface area contributed by atoms with Gasteiger partial charge in [-0.2, -0.15) is 0 Å². The molecule has 2 rings (SSSR count). The lowest BCUT2D eigenvalue weighted by atomic mass is 10.1. The zero-order valence-electron chi connectivity index (χ0n) is 14.1. The van der Waals surface area contributed by atoms with E-state index in [0.29, 0.717) is 11.3 Å². The summed E-state index contributed by atoms with van der Waals surface area (Å²) < 4.78 is 0. The Morgan fingerprint density at radius 1 is 1.13 bits per heavy atom. The van der Waals surface area contributed by atoms with E-state index >= 15 is 0 Å². The molecule has 122 valence electrons. The first-order valence-electron chi connectivity index (χ1n) is 7.98. The van der Waals surface area contributed by atoms with E-state index in [1.807, 2.05) is 37.2 Å². The van der Waals surface area contributed by atoms with Gasteiger partial charge in [-0.05, 0) is 48.7 Å². The molecule has 0 saturated carbocycles. The monoisotopic (exact) mass is 311 g/mol. The highest BCUT2D eigenvalue weighted by atomic mass is 16.1. The van der Waals surface area contributed by atoms with E-state index in [0.717, 1.165) is 17.8 Å². The van der Waals surface area contributed by atoms with Crippen molar-refractivity contribution in [1.82, 2.24) is 0 Å². The van der Waals surface area contributed by atoms with E-state index in [1.54, 1.807) is 12.1 Å². The molecule has 0 aromatic heterocycles. The van der Waals surface area contributed by atoms with Crippen molar-refractivity contribution in [3.05, 3.63) is 53.6 Å². The Hall–Kier alpha value is -2.49. The summed E-state index contributed by atoms with van der Waals surface area (Å²) in [5.41, 5.74) is 9.91. The lowest BCUT2D eigenvalue weighted by Crippen LogP contribution is -2.18. The Kier molecular flexibility index (Phi) is 5.63. The van der Waals surface area contributed by atoms with Crippen LogP contribution in [0.2, 0.25) is 0 Å². The highest BCUT2D eigenvalue weighted by Gasteiger charge is 2.13. The third-order valence-electron chi connectivity index (χ3n) is 3.78. The fourth-order valence-corrected chi connectivity index (χ4v) is 2.46. The van der Waals surface area contributed by atoms with Crippen molar-refractivity contribution < 1.29 is 4.79 Å². The maximum atomic E-state index is 12.6. The molecular weight excluding hydrogens is 286 g/mol. The van der Waals surface area contributed by atoms with Crippen LogP contribution in [0.1, 0.15) is 35.7 Å². The molecule has 0 atom stereocenters. The van der Waals surface area contributed by atoms with Gasteiger partial charge in [-0.25, -0.2) is 0 Å². The fraction of sp³-hybridized carbons (Fsp3) is 0.316. The molecule has 0 fully saturated rings. The zero-order chi connectivity index (χ0) is 16.8. The SMILES string of the molecule is CCCCc1ccc(NC(=O)c2cc(N)ccc2N(C)C)cc1. The van der Waals surface area contributed by atoms with Crippen LogP contribution in [-0.2, 0) is 6.42 Å². The third kappa shape index (κ3) is 4.49. The second-order valence-corrected chi connectivity index (χ2v) is 5.93. The molecule has 0 radical (unpaired) electrons. The first kappa shape index (κ1) is 16.9. The van der Waals surface area contributed by atoms with Gasteiger partial charge in [0.2, 0.25) is 0 Å². The van der Waals surface area contributed by atoms with Crippen molar-refractivity contribution in [3.63, 3.8) is 0 Å². The van der Waals surface area contributed by atoms with Crippen LogP contribution in [-0.4, -0.2) is 20.0 Å².